The second-order valence-electron chi connectivity index (χ2n) is 5.00. The maximum atomic E-state index is 5.23. The third kappa shape index (κ3) is 1.83. The molecule has 1 fully saturated rings. The lowest BCUT2D eigenvalue weighted by Gasteiger charge is -2.13. The fourth-order valence-electron chi connectivity index (χ4n) is 2.50. The molecule has 0 amide bonds. The summed E-state index contributed by atoms with van der Waals surface area (Å²) in [6.07, 6.45) is 2.25. The van der Waals surface area contributed by atoms with Crippen molar-refractivity contribution >= 4 is 0 Å². The van der Waals surface area contributed by atoms with Crippen LogP contribution in [0.3, 0.4) is 0 Å². The molecule has 0 radical (unpaired) electrons. The van der Waals surface area contributed by atoms with Crippen LogP contribution in [0.2, 0.25) is 0 Å². The summed E-state index contributed by atoms with van der Waals surface area (Å²) >= 11 is 0. The van der Waals surface area contributed by atoms with Gasteiger partial charge in [0, 0.05) is 23.7 Å². The van der Waals surface area contributed by atoms with Crippen LogP contribution in [0.25, 0.3) is 11.3 Å². The molecular weight excluding hydrogens is 226 g/mol. The van der Waals surface area contributed by atoms with Crippen molar-refractivity contribution in [2.75, 3.05) is 6.61 Å². The van der Waals surface area contributed by atoms with Gasteiger partial charge < -0.3 is 4.84 Å². The molecule has 0 aliphatic heterocycles. The van der Waals surface area contributed by atoms with E-state index in [-0.39, 0.29) is 5.41 Å². The highest BCUT2D eigenvalue weighted by atomic mass is 16.6. The van der Waals surface area contributed by atoms with E-state index in [0.717, 1.165) is 24.1 Å². The van der Waals surface area contributed by atoms with Crippen LogP contribution in [0.15, 0.2) is 36.4 Å². The molecule has 1 aromatic heterocycles. The van der Waals surface area contributed by atoms with Gasteiger partial charge in [-0.15, -0.1) is 0 Å². The topological polar surface area (TPSA) is 53.1 Å². The normalized spacial score (nSPS) is 16.8. The van der Waals surface area contributed by atoms with Crippen LogP contribution < -0.4 is 5.90 Å². The van der Waals surface area contributed by atoms with Gasteiger partial charge in [0.15, 0.2) is 0 Å². The molecule has 3 rings (SSSR count). The molecule has 0 bridgehead atoms. The second-order valence-corrected chi connectivity index (χ2v) is 5.00. The van der Waals surface area contributed by atoms with Crippen LogP contribution in [-0.2, 0) is 17.3 Å². The lowest BCUT2D eigenvalue weighted by molar-refractivity contribution is 0.114. The summed E-state index contributed by atoms with van der Waals surface area (Å²) < 4.78 is 1.95. The zero-order chi connectivity index (χ0) is 12.6. The molecule has 2 N–H and O–H groups in total. The van der Waals surface area contributed by atoms with Crippen molar-refractivity contribution in [3.05, 3.63) is 42.1 Å². The number of nitrogens with two attached hydrogens (primary N) is 1. The van der Waals surface area contributed by atoms with Gasteiger partial charge in [0.05, 0.1) is 12.3 Å². The zero-order valence-electron chi connectivity index (χ0n) is 10.5. The maximum absolute atomic E-state index is 5.23. The number of rotatable bonds is 4. The Morgan fingerprint density at radius 2 is 2.06 bits per heavy atom. The molecule has 1 aliphatic carbocycles. The van der Waals surface area contributed by atoms with E-state index >= 15 is 0 Å². The summed E-state index contributed by atoms with van der Waals surface area (Å²) in [4.78, 5) is 4.85. The average molecular weight is 243 g/mol. The Morgan fingerprint density at radius 3 is 2.67 bits per heavy atom. The summed E-state index contributed by atoms with van der Waals surface area (Å²) in [5.74, 6) is 5.23. The fraction of sp³-hybridized carbons (Fsp3) is 0.357. The van der Waals surface area contributed by atoms with Crippen molar-refractivity contribution < 1.29 is 4.84 Å². The molecule has 0 unspecified atom stereocenters. The smallest absolute Gasteiger partial charge is 0.0926 e. The van der Waals surface area contributed by atoms with Crippen molar-refractivity contribution in [3.63, 3.8) is 0 Å². The van der Waals surface area contributed by atoms with Crippen molar-refractivity contribution in [1.29, 1.82) is 0 Å². The Balaban J connectivity index is 1.97. The molecule has 4 heteroatoms. The third-order valence-electron chi connectivity index (χ3n) is 3.71. The van der Waals surface area contributed by atoms with Crippen molar-refractivity contribution in [1.82, 2.24) is 9.78 Å². The molecule has 4 nitrogen and oxygen atoms in total. The van der Waals surface area contributed by atoms with Crippen LogP contribution in [0.5, 0.6) is 0 Å². The molecule has 1 aromatic carbocycles. The van der Waals surface area contributed by atoms with E-state index in [4.69, 9.17) is 10.7 Å². The first-order valence-electron chi connectivity index (χ1n) is 6.17. The number of hydrogen-bond acceptors (Lipinski definition) is 3. The number of aryl methyl sites for hydroxylation is 1. The van der Waals surface area contributed by atoms with Crippen LogP contribution in [0.1, 0.15) is 18.5 Å². The van der Waals surface area contributed by atoms with E-state index in [0.29, 0.717) is 6.61 Å². The molecule has 0 atom stereocenters. The minimum atomic E-state index is 0.0868. The first kappa shape index (κ1) is 11.4. The molecule has 0 spiro atoms. The highest BCUT2D eigenvalue weighted by molar-refractivity contribution is 5.59. The van der Waals surface area contributed by atoms with E-state index < -0.39 is 0 Å². The van der Waals surface area contributed by atoms with E-state index in [2.05, 4.69) is 23.3 Å². The molecule has 1 aliphatic rings. The Kier molecular flexibility index (Phi) is 2.69. The number of aromatic nitrogens is 2. The maximum Gasteiger partial charge on any atom is 0.0926 e. The lowest BCUT2D eigenvalue weighted by atomic mass is 10.0. The van der Waals surface area contributed by atoms with Crippen LogP contribution in [0, 0.1) is 0 Å². The first-order valence-corrected chi connectivity index (χ1v) is 6.17. The third-order valence-corrected chi connectivity index (χ3v) is 3.71. The molecular formula is C14H17N3O. The highest BCUT2D eigenvalue weighted by Crippen LogP contribution is 2.48. The minimum absolute atomic E-state index is 0.0868. The van der Waals surface area contributed by atoms with E-state index in [1.807, 2.05) is 29.9 Å². The quantitative estimate of drug-likeness (QED) is 0.836. The molecule has 1 saturated carbocycles. The summed E-state index contributed by atoms with van der Waals surface area (Å²) in [6.45, 7) is 0.570. The predicted molar refractivity (Wildman–Crippen MR) is 69.7 cm³/mol. The van der Waals surface area contributed by atoms with Gasteiger partial charge in [0.25, 0.3) is 0 Å². The average Bonchev–Trinajstić information content (AvgIpc) is 3.06. The fourth-order valence-corrected chi connectivity index (χ4v) is 2.50. The minimum Gasteiger partial charge on any atom is -0.304 e. The predicted octanol–water partition coefficient (Wildman–Crippen LogP) is 2.01. The molecule has 1 heterocycles. The number of benzene rings is 1. The second kappa shape index (κ2) is 4.23. The Hall–Kier alpha value is -1.65. The summed E-state index contributed by atoms with van der Waals surface area (Å²) in [6, 6.07) is 12.4. The number of hydrogen-bond donors (Lipinski definition) is 1. The van der Waals surface area contributed by atoms with Crippen LogP contribution in [0.4, 0.5) is 0 Å². The summed E-state index contributed by atoms with van der Waals surface area (Å²) in [7, 11) is 1.98. The van der Waals surface area contributed by atoms with Gasteiger partial charge in [-0.1, -0.05) is 30.3 Å². The van der Waals surface area contributed by atoms with Crippen LogP contribution in [-0.4, -0.2) is 16.4 Å². The van der Waals surface area contributed by atoms with Gasteiger partial charge in [-0.3, -0.25) is 4.68 Å². The van der Waals surface area contributed by atoms with Crippen molar-refractivity contribution in [2.45, 2.75) is 18.3 Å². The highest BCUT2D eigenvalue weighted by Gasteiger charge is 2.47. The molecule has 94 valence electrons. The largest absolute Gasteiger partial charge is 0.304 e. The van der Waals surface area contributed by atoms with Gasteiger partial charge in [-0.25, -0.2) is 5.90 Å². The van der Waals surface area contributed by atoms with Crippen molar-refractivity contribution in [3.8, 4) is 11.3 Å². The van der Waals surface area contributed by atoms with E-state index in [1.165, 1.54) is 5.69 Å². The molecule has 18 heavy (non-hydrogen) atoms. The van der Waals surface area contributed by atoms with Gasteiger partial charge in [-0.05, 0) is 18.9 Å². The Bertz CT molecular complexity index is 543. The zero-order valence-corrected chi connectivity index (χ0v) is 10.5. The standard InChI is InChI=1S/C14H17N3O/c1-17-13(14(7-8-14)10-18-15)9-12(16-17)11-5-3-2-4-6-11/h2-6,9H,7-8,10,15H2,1H3. The van der Waals surface area contributed by atoms with Gasteiger partial charge in [0.1, 0.15) is 0 Å². The molecule has 0 saturated heterocycles. The lowest BCUT2D eigenvalue weighted by Crippen LogP contribution is -2.21. The first-order chi connectivity index (χ1) is 8.75. The van der Waals surface area contributed by atoms with E-state index in [9.17, 15) is 0 Å². The van der Waals surface area contributed by atoms with Crippen molar-refractivity contribution in [2.24, 2.45) is 12.9 Å². The summed E-state index contributed by atoms with van der Waals surface area (Å²) in [5.41, 5.74) is 3.45. The van der Waals surface area contributed by atoms with Crippen LogP contribution >= 0.6 is 0 Å². The van der Waals surface area contributed by atoms with E-state index in [1.54, 1.807) is 0 Å². The molecule has 2 aromatic rings. The summed E-state index contributed by atoms with van der Waals surface area (Å²) in [5, 5.41) is 4.59. The Morgan fingerprint density at radius 1 is 1.33 bits per heavy atom. The van der Waals surface area contributed by atoms with Gasteiger partial charge in [-0.2, -0.15) is 5.10 Å². The monoisotopic (exact) mass is 243 g/mol. The number of nitrogens with zero attached hydrogens (tertiary/aromatic N) is 2. The van der Waals surface area contributed by atoms with Gasteiger partial charge in [0.2, 0.25) is 0 Å². The SMILES string of the molecule is Cn1nc(-c2ccccc2)cc1C1(CON)CC1. The Labute approximate surface area is 106 Å². The van der Waals surface area contributed by atoms with Gasteiger partial charge >= 0.3 is 0 Å².